The molecule has 0 N–H and O–H groups in total. The molecule has 5 aromatic carbocycles. The van der Waals surface area contributed by atoms with Gasteiger partial charge in [-0.2, -0.15) is 0 Å². The van der Waals surface area contributed by atoms with Crippen LogP contribution < -0.4 is 26.0 Å². The average Bonchev–Trinajstić information content (AvgIpc) is 2.88. The van der Waals surface area contributed by atoms with Crippen LogP contribution in [0, 0.1) is 0 Å². The first kappa shape index (κ1) is 20.2. The van der Waals surface area contributed by atoms with E-state index in [1.54, 1.807) is 0 Å². The van der Waals surface area contributed by atoms with Gasteiger partial charge in [-0.1, -0.05) is 72.8 Å². The van der Waals surface area contributed by atoms with Gasteiger partial charge in [0.2, 0.25) is 0 Å². The van der Waals surface area contributed by atoms with Gasteiger partial charge < -0.3 is 4.74 Å². The highest BCUT2D eigenvalue weighted by molar-refractivity contribution is 8.01. The highest BCUT2D eigenvalue weighted by Crippen LogP contribution is 2.54. The Bertz CT molecular complexity index is 1160. The smallest absolute Gasteiger partial charge is 0.144 e. The number of para-hydroxylation sites is 1. The Morgan fingerprint density at radius 1 is 0.312 bits per heavy atom. The van der Waals surface area contributed by atoms with E-state index < -0.39 is 7.26 Å². The predicted octanol–water partition coefficient (Wildman–Crippen LogP) is 6.10. The van der Waals surface area contributed by atoms with Crippen molar-refractivity contribution in [1.29, 1.82) is 0 Å². The molecule has 0 saturated heterocycles. The Balaban J connectivity index is 1.70. The summed E-state index contributed by atoms with van der Waals surface area (Å²) in [6.45, 7) is 0. The molecule has 0 aliphatic carbocycles. The van der Waals surface area contributed by atoms with Crippen LogP contribution in [0.2, 0.25) is 0 Å². The summed E-state index contributed by atoms with van der Waals surface area (Å²) in [6, 6.07) is 51.3. The Hall–Kier alpha value is -3.67. The van der Waals surface area contributed by atoms with Gasteiger partial charge in [-0.3, -0.25) is 0 Å². The summed E-state index contributed by atoms with van der Waals surface area (Å²) in [4.78, 5) is 0. The molecule has 154 valence electrons. The summed E-state index contributed by atoms with van der Waals surface area (Å²) in [5.74, 6) is 1.68. The molecule has 0 aliphatic heterocycles. The van der Waals surface area contributed by atoms with E-state index >= 15 is 0 Å². The fraction of sp³-hybridized carbons (Fsp3) is 0. The van der Waals surface area contributed by atoms with Crippen molar-refractivity contribution in [1.82, 2.24) is 0 Å². The second kappa shape index (κ2) is 9.22. The van der Waals surface area contributed by atoms with Crippen molar-refractivity contribution in [2.45, 2.75) is 0 Å². The molecule has 5 rings (SSSR count). The summed E-state index contributed by atoms with van der Waals surface area (Å²) in [7, 11) is -2.06. The lowest BCUT2D eigenvalue weighted by atomic mass is 10.3. The predicted molar refractivity (Wildman–Crippen MR) is 138 cm³/mol. The van der Waals surface area contributed by atoms with E-state index in [-0.39, 0.29) is 0 Å². The Morgan fingerprint density at radius 2 is 0.625 bits per heavy atom. The second-order valence-corrected chi connectivity index (χ2v) is 11.0. The molecule has 32 heavy (non-hydrogen) atoms. The van der Waals surface area contributed by atoms with Crippen LogP contribution in [-0.4, -0.2) is 0 Å². The van der Waals surface area contributed by atoms with E-state index in [1.165, 1.54) is 21.2 Å². The van der Waals surface area contributed by atoms with Gasteiger partial charge in [-0.05, 0) is 72.8 Å². The van der Waals surface area contributed by atoms with Crippen molar-refractivity contribution in [3.05, 3.63) is 146 Å². The van der Waals surface area contributed by atoms with Crippen LogP contribution in [0.5, 0.6) is 11.5 Å². The maximum Gasteiger partial charge on any atom is 0.144 e. The summed E-state index contributed by atoms with van der Waals surface area (Å²) < 4.78 is 6.08. The van der Waals surface area contributed by atoms with Crippen LogP contribution in [-0.2, 0) is 0 Å². The molecular weight excluding hydrogens is 407 g/mol. The molecule has 0 amide bonds. The second-order valence-electron chi connectivity index (χ2n) is 7.59. The first-order chi connectivity index (χ1) is 15.9. The highest BCUT2D eigenvalue weighted by Gasteiger charge is 2.47. The Kier molecular flexibility index (Phi) is 5.83. The molecular formula is C30H24OP+. The maximum absolute atomic E-state index is 6.08. The molecule has 0 aliphatic rings. The Labute approximate surface area is 190 Å². The molecule has 0 radical (unpaired) electrons. The average molecular weight is 431 g/mol. The van der Waals surface area contributed by atoms with Gasteiger partial charge in [0.1, 0.15) is 40.0 Å². The molecule has 0 aromatic heterocycles. The summed E-state index contributed by atoms with van der Waals surface area (Å²) in [5.41, 5.74) is 0. The fourth-order valence-electron chi connectivity index (χ4n) is 4.21. The normalized spacial score (nSPS) is 11.1. The monoisotopic (exact) mass is 431 g/mol. The van der Waals surface area contributed by atoms with Gasteiger partial charge in [0, 0.05) is 0 Å². The van der Waals surface area contributed by atoms with Crippen LogP contribution in [0.15, 0.2) is 146 Å². The molecule has 2 heteroatoms. The first-order valence-electron chi connectivity index (χ1n) is 10.8. The molecule has 0 bridgehead atoms. The van der Waals surface area contributed by atoms with E-state index in [1.807, 2.05) is 30.3 Å². The zero-order valence-corrected chi connectivity index (χ0v) is 18.6. The molecule has 0 spiro atoms. The van der Waals surface area contributed by atoms with Crippen molar-refractivity contribution < 1.29 is 4.74 Å². The van der Waals surface area contributed by atoms with Gasteiger partial charge in [0.05, 0.1) is 0 Å². The molecule has 0 saturated carbocycles. The largest absolute Gasteiger partial charge is 0.457 e. The SMILES string of the molecule is c1ccc(Oc2ccc([P+](c3ccccc3)(c3ccccc3)c3ccccc3)cc2)cc1. The number of rotatable bonds is 6. The minimum atomic E-state index is -2.06. The third kappa shape index (κ3) is 3.84. The number of hydrogen-bond donors (Lipinski definition) is 0. The molecule has 1 nitrogen and oxygen atoms in total. The van der Waals surface area contributed by atoms with Crippen LogP contribution in [0.1, 0.15) is 0 Å². The Morgan fingerprint density at radius 3 is 1.03 bits per heavy atom. The fourth-order valence-corrected chi connectivity index (χ4v) is 8.45. The maximum atomic E-state index is 6.08. The van der Waals surface area contributed by atoms with Crippen molar-refractivity contribution >= 4 is 28.5 Å². The van der Waals surface area contributed by atoms with E-state index in [9.17, 15) is 0 Å². The van der Waals surface area contributed by atoms with Crippen LogP contribution in [0.4, 0.5) is 0 Å². The van der Waals surface area contributed by atoms with Crippen LogP contribution >= 0.6 is 7.26 Å². The summed E-state index contributed by atoms with van der Waals surface area (Å²) in [6.07, 6.45) is 0. The molecule has 5 aromatic rings. The van der Waals surface area contributed by atoms with Crippen molar-refractivity contribution in [3.8, 4) is 11.5 Å². The third-order valence-corrected chi connectivity index (χ3v) is 9.92. The van der Waals surface area contributed by atoms with E-state index in [0.717, 1.165) is 11.5 Å². The highest BCUT2D eigenvalue weighted by atomic mass is 31.2. The number of ether oxygens (including phenoxy) is 1. The third-order valence-electron chi connectivity index (χ3n) is 5.63. The topological polar surface area (TPSA) is 9.23 Å². The summed E-state index contributed by atoms with van der Waals surface area (Å²) in [5, 5.41) is 5.33. The quantitative estimate of drug-likeness (QED) is 0.295. The molecule has 0 unspecified atom stereocenters. The van der Waals surface area contributed by atoms with Gasteiger partial charge in [-0.25, -0.2) is 0 Å². The van der Waals surface area contributed by atoms with Crippen LogP contribution in [0.25, 0.3) is 0 Å². The van der Waals surface area contributed by atoms with E-state index in [4.69, 9.17) is 4.74 Å². The van der Waals surface area contributed by atoms with Crippen LogP contribution in [0.3, 0.4) is 0 Å². The van der Waals surface area contributed by atoms with E-state index in [2.05, 4.69) is 115 Å². The van der Waals surface area contributed by atoms with Gasteiger partial charge in [-0.15, -0.1) is 0 Å². The molecule has 0 atom stereocenters. The lowest BCUT2D eigenvalue weighted by Crippen LogP contribution is -2.38. The summed E-state index contributed by atoms with van der Waals surface area (Å²) >= 11 is 0. The van der Waals surface area contributed by atoms with Crippen molar-refractivity contribution in [2.24, 2.45) is 0 Å². The number of hydrogen-bond acceptors (Lipinski definition) is 1. The molecule has 0 heterocycles. The lowest BCUT2D eigenvalue weighted by molar-refractivity contribution is 0.483. The zero-order valence-electron chi connectivity index (χ0n) is 17.7. The van der Waals surface area contributed by atoms with Gasteiger partial charge in [0.15, 0.2) is 0 Å². The zero-order chi connectivity index (χ0) is 21.6. The standard InChI is InChI=1S/C30H24OP/c1-5-13-25(14-6-1)31-26-21-23-30(24-22-26)32(27-15-7-2-8-16-27,28-17-9-3-10-18-28)29-19-11-4-12-20-29/h1-24H/q+1. The minimum Gasteiger partial charge on any atom is -0.457 e. The van der Waals surface area contributed by atoms with Gasteiger partial charge >= 0.3 is 0 Å². The first-order valence-corrected chi connectivity index (χ1v) is 12.6. The van der Waals surface area contributed by atoms with Crippen molar-refractivity contribution in [3.63, 3.8) is 0 Å². The van der Waals surface area contributed by atoms with Crippen molar-refractivity contribution in [2.75, 3.05) is 0 Å². The number of benzene rings is 5. The van der Waals surface area contributed by atoms with Gasteiger partial charge in [0.25, 0.3) is 0 Å². The molecule has 0 fully saturated rings. The van der Waals surface area contributed by atoms with E-state index in [0.29, 0.717) is 0 Å². The minimum absolute atomic E-state index is 0.840. The lowest BCUT2D eigenvalue weighted by Gasteiger charge is -2.27.